The number of carbonyl (C=O) groups excluding carboxylic acids is 3. The first-order chi connectivity index (χ1) is 28.7. The number of rotatable bonds is 8. The average Bonchev–Trinajstić information content (AvgIpc) is 3.90. The lowest BCUT2D eigenvalue weighted by molar-refractivity contribution is -0.136. The molecule has 0 bridgehead atoms. The van der Waals surface area contributed by atoms with Gasteiger partial charge in [0, 0.05) is 22.9 Å². The zero-order valence-corrected chi connectivity index (χ0v) is 33.1. The number of hydrogen-bond donors (Lipinski definition) is 3. The number of hydrogen-bond acceptors (Lipinski definition) is 7. The molecule has 2 aliphatic heterocycles. The number of H-pyrrole nitrogens is 2. The van der Waals surface area contributed by atoms with E-state index in [4.69, 9.17) is 19.4 Å². The predicted molar refractivity (Wildman–Crippen MR) is 224 cm³/mol. The highest BCUT2D eigenvalue weighted by molar-refractivity contribution is 6.07. The molecule has 2 aromatic heterocycles. The maximum Gasteiger partial charge on any atom is 0.410 e. The van der Waals surface area contributed by atoms with E-state index in [0.717, 1.165) is 97.6 Å². The van der Waals surface area contributed by atoms with Crippen molar-refractivity contribution in [3.05, 3.63) is 108 Å². The second-order valence-electron chi connectivity index (χ2n) is 17.2. The fourth-order valence-corrected chi connectivity index (χ4v) is 9.96. The molecule has 2 aliphatic carbocycles. The molecule has 4 heterocycles. The summed E-state index contributed by atoms with van der Waals surface area (Å²) in [5.41, 5.74) is 6.82. The van der Waals surface area contributed by atoms with Gasteiger partial charge in [0.2, 0.25) is 5.91 Å². The average molecular weight is 788 g/mol. The molecule has 12 heteroatoms. The van der Waals surface area contributed by atoms with Crippen LogP contribution in [0.1, 0.15) is 68.8 Å². The number of piperidine rings is 2. The van der Waals surface area contributed by atoms with E-state index in [-0.39, 0.29) is 48.7 Å². The van der Waals surface area contributed by atoms with Crippen LogP contribution in [0.15, 0.2) is 91.0 Å². The minimum absolute atomic E-state index is 0.0901. The van der Waals surface area contributed by atoms with E-state index < -0.39 is 12.1 Å². The van der Waals surface area contributed by atoms with E-state index >= 15 is 0 Å². The summed E-state index contributed by atoms with van der Waals surface area (Å²) in [6.45, 7) is 4.12. The van der Waals surface area contributed by atoms with E-state index in [0.29, 0.717) is 11.8 Å². The Morgan fingerprint density at radius 2 is 1.42 bits per heavy atom. The van der Waals surface area contributed by atoms with Gasteiger partial charge in [0.25, 0.3) is 0 Å². The number of benzene rings is 5. The summed E-state index contributed by atoms with van der Waals surface area (Å²) in [7, 11) is 1.31. The van der Waals surface area contributed by atoms with Crippen LogP contribution >= 0.6 is 0 Å². The molecule has 7 atom stereocenters. The van der Waals surface area contributed by atoms with Crippen molar-refractivity contribution in [3.63, 3.8) is 0 Å². The number of methoxy groups -OCH3 is 1. The van der Waals surface area contributed by atoms with Gasteiger partial charge in [0.15, 0.2) is 0 Å². The number of nitrogens with zero attached hydrogens (tertiary/aromatic N) is 4. The van der Waals surface area contributed by atoms with Gasteiger partial charge in [-0.25, -0.2) is 19.6 Å². The number of amides is 3. The zero-order valence-electron chi connectivity index (χ0n) is 33.1. The molecule has 0 radical (unpaired) electrons. The SMILES string of the molecule is COC(=O)N[C@H](C(=O)N1C2CC2C[C@H]1c1nc2ccc3cc(-c4ccc5c(ccc6[nH]c([C@@H]7C[C@H]8C[C@H]8N7C(=O)OCc7ccccc7)nc65)c4)ccc3c2[nH]1)C(C)C. The number of nitrogens with one attached hydrogen (secondary N) is 3. The first kappa shape index (κ1) is 35.7. The van der Waals surface area contributed by atoms with Crippen LogP contribution in [0.5, 0.6) is 0 Å². The fraction of sp³-hybridized carbons (Fsp3) is 0.340. The summed E-state index contributed by atoms with van der Waals surface area (Å²) < 4.78 is 10.6. The third kappa shape index (κ3) is 6.06. The van der Waals surface area contributed by atoms with Gasteiger partial charge in [-0.15, -0.1) is 0 Å². The van der Waals surface area contributed by atoms with E-state index in [1.807, 2.05) is 60.0 Å². The van der Waals surface area contributed by atoms with E-state index in [2.05, 4.69) is 69.9 Å². The van der Waals surface area contributed by atoms with Gasteiger partial charge in [-0.05, 0) is 95.2 Å². The molecule has 298 valence electrons. The van der Waals surface area contributed by atoms with Gasteiger partial charge in [-0.3, -0.25) is 9.69 Å². The number of likely N-dealkylation sites (tertiary alicyclic amines) is 2. The molecule has 4 aliphatic rings. The molecule has 59 heavy (non-hydrogen) atoms. The lowest BCUT2D eigenvalue weighted by Gasteiger charge is -2.31. The maximum atomic E-state index is 14.0. The van der Waals surface area contributed by atoms with Crippen LogP contribution < -0.4 is 5.32 Å². The van der Waals surface area contributed by atoms with Gasteiger partial charge >= 0.3 is 12.2 Å². The minimum atomic E-state index is -0.679. The quantitative estimate of drug-likeness (QED) is 0.139. The summed E-state index contributed by atoms with van der Waals surface area (Å²) in [6, 6.07) is 30.6. The number of aromatic nitrogens is 4. The smallest absolute Gasteiger partial charge is 0.410 e. The zero-order chi connectivity index (χ0) is 40.1. The Labute approximate surface area is 340 Å². The molecule has 2 saturated heterocycles. The summed E-state index contributed by atoms with van der Waals surface area (Å²) in [5, 5.41) is 7.06. The molecule has 12 nitrogen and oxygen atoms in total. The Balaban J connectivity index is 0.852. The molecular formula is C47H45N7O5. The molecule has 3 amide bonds. The summed E-state index contributed by atoms with van der Waals surface area (Å²) >= 11 is 0. The van der Waals surface area contributed by atoms with Gasteiger partial charge in [0.1, 0.15) is 24.3 Å². The summed E-state index contributed by atoms with van der Waals surface area (Å²) in [6.07, 6.45) is 2.84. The van der Waals surface area contributed by atoms with E-state index in [9.17, 15) is 14.4 Å². The van der Waals surface area contributed by atoms with Crippen LogP contribution in [0.25, 0.3) is 54.7 Å². The van der Waals surface area contributed by atoms with Crippen LogP contribution in [0.4, 0.5) is 9.59 Å². The van der Waals surface area contributed by atoms with Gasteiger partial charge < -0.3 is 29.7 Å². The largest absolute Gasteiger partial charge is 0.453 e. The highest BCUT2D eigenvalue weighted by Crippen LogP contribution is 2.55. The Bertz CT molecular complexity index is 2830. The van der Waals surface area contributed by atoms with Crippen molar-refractivity contribution in [1.82, 2.24) is 35.1 Å². The number of fused-ring (bicyclic) bond motifs is 8. The minimum Gasteiger partial charge on any atom is -0.453 e. The van der Waals surface area contributed by atoms with Gasteiger partial charge in [0.05, 0.1) is 41.3 Å². The molecule has 2 saturated carbocycles. The van der Waals surface area contributed by atoms with Crippen LogP contribution in [0.2, 0.25) is 0 Å². The Morgan fingerprint density at radius 1 is 0.763 bits per heavy atom. The maximum absolute atomic E-state index is 14.0. The molecule has 5 aromatic carbocycles. The normalized spacial score (nSPS) is 23.5. The molecule has 3 N–H and O–H groups in total. The van der Waals surface area contributed by atoms with Crippen molar-refractivity contribution in [2.45, 2.75) is 76.3 Å². The Hall–Kier alpha value is -6.43. The van der Waals surface area contributed by atoms with Crippen molar-refractivity contribution in [2.75, 3.05) is 7.11 Å². The van der Waals surface area contributed by atoms with Gasteiger partial charge in [-0.2, -0.15) is 0 Å². The first-order valence-corrected chi connectivity index (χ1v) is 20.7. The topological polar surface area (TPSA) is 146 Å². The number of carbonyl (C=O) groups is 3. The second-order valence-corrected chi connectivity index (χ2v) is 17.2. The highest BCUT2D eigenvalue weighted by atomic mass is 16.6. The fourth-order valence-electron chi connectivity index (χ4n) is 9.96. The van der Waals surface area contributed by atoms with Crippen LogP contribution in [0, 0.1) is 17.8 Å². The van der Waals surface area contributed by atoms with Crippen LogP contribution in [0.3, 0.4) is 0 Å². The van der Waals surface area contributed by atoms with E-state index in [1.165, 1.54) is 7.11 Å². The number of ether oxygens (including phenoxy) is 2. The van der Waals surface area contributed by atoms with Crippen molar-refractivity contribution in [2.24, 2.45) is 17.8 Å². The van der Waals surface area contributed by atoms with Crippen molar-refractivity contribution >= 4 is 61.7 Å². The summed E-state index contributed by atoms with van der Waals surface area (Å²) in [4.78, 5) is 60.7. The number of aromatic amines is 2. The highest BCUT2D eigenvalue weighted by Gasteiger charge is 2.57. The molecule has 0 spiro atoms. The Morgan fingerprint density at radius 3 is 2.15 bits per heavy atom. The molecule has 7 aromatic rings. The van der Waals surface area contributed by atoms with Crippen molar-refractivity contribution < 1.29 is 23.9 Å². The lowest BCUT2D eigenvalue weighted by atomic mass is 9.98. The molecule has 11 rings (SSSR count). The molecule has 4 fully saturated rings. The second kappa shape index (κ2) is 13.6. The first-order valence-electron chi connectivity index (χ1n) is 20.7. The monoisotopic (exact) mass is 787 g/mol. The standard InChI is InChI=1S/C47H45N7O5/c1-24(2)40(52-46(56)58-3)45(55)53-36-19-30(36)21-38(53)43-48-34-15-11-28-17-26(9-13-32(28)41(34)50-43)27-10-14-33-29(18-27)12-16-35-42(33)51-44(49-35)39-22-31-20-37(31)54(39)47(57)59-23-25-7-5-4-6-8-25/h4-18,24,30-31,36-40H,19-23H2,1-3H3,(H,48,50)(H,49,51)(H,52,56)/t30?,31-,36?,37-,38+,39+,40+/m1/s1. The lowest BCUT2D eigenvalue weighted by Crippen LogP contribution is -2.52. The Kier molecular flexibility index (Phi) is 8.22. The number of alkyl carbamates (subject to hydrolysis) is 1. The van der Waals surface area contributed by atoms with Gasteiger partial charge in [-0.1, -0.05) is 80.6 Å². The molecular weight excluding hydrogens is 743 g/mol. The summed E-state index contributed by atoms with van der Waals surface area (Å²) in [5.74, 6) is 2.33. The van der Waals surface area contributed by atoms with Crippen LogP contribution in [-0.2, 0) is 20.9 Å². The van der Waals surface area contributed by atoms with E-state index in [1.54, 1.807) is 0 Å². The third-order valence-corrected chi connectivity index (χ3v) is 13.2. The van der Waals surface area contributed by atoms with Crippen molar-refractivity contribution in [1.29, 1.82) is 0 Å². The molecule has 2 unspecified atom stereocenters. The predicted octanol–water partition coefficient (Wildman–Crippen LogP) is 8.93. The third-order valence-electron chi connectivity index (χ3n) is 13.2. The van der Waals surface area contributed by atoms with Crippen molar-refractivity contribution in [3.8, 4) is 11.1 Å². The van der Waals surface area contributed by atoms with Crippen LogP contribution in [-0.4, -0.2) is 73.1 Å². The number of imidazole rings is 2.